The van der Waals surface area contributed by atoms with Crippen LogP contribution in [0.25, 0.3) is 17.4 Å². The number of carbonyl (C=O) groups is 3. The fourth-order valence-electron chi connectivity index (χ4n) is 3.20. The van der Waals surface area contributed by atoms with E-state index in [0.29, 0.717) is 39.0 Å². The van der Waals surface area contributed by atoms with Crippen LogP contribution in [0.2, 0.25) is 0 Å². The Balaban J connectivity index is 1.46. The highest BCUT2D eigenvalue weighted by Gasteiger charge is 2.36. The van der Waals surface area contributed by atoms with Crippen molar-refractivity contribution in [3.8, 4) is 11.3 Å². The van der Waals surface area contributed by atoms with E-state index in [1.807, 2.05) is 12.3 Å². The number of nitrogens with zero attached hydrogens (tertiary/aromatic N) is 2. The molecule has 0 unspecified atom stereocenters. The Labute approximate surface area is 216 Å². The van der Waals surface area contributed by atoms with Crippen LogP contribution in [0.1, 0.15) is 5.76 Å². The summed E-state index contributed by atoms with van der Waals surface area (Å²) in [5.74, 6) is -0.351. The van der Waals surface area contributed by atoms with Gasteiger partial charge in [-0.3, -0.25) is 29.4 Å². The molecule has 1 fully saturated rings. The molecule has 0 atom stereocenters. The highest BCUT2D eigenvalue weighted by atomic mass is 79.9. The van der Waals surface area contributed by atoms with E-state index in [-0.39, 0.29) is 10.6 Å². The van der Waals surface area contributed by atoms with Crippen LogP contribution in [-0.2, 0) is 9.59 Å². The minimum absolute atomic E-state index is 0.0675. The maximum Gasteiger partial charge on any atom is 0.294 e. The molecule has 1 aromatic heterocycles. The first-order valence-electron chi connectivity index (χ1n) is 9.98. The van der Waals surface area contributed by atoms with Crippen LogP contribution in [0.3, 0.4) is 0 Å². The van der Waals surface area contributed by atoms with Crippen LogP contribution in [0.5, 0.6) is 0 Å². The number of anilines is 1. The SMILES string of the molecule is CSc1cccc(NC(=O)CN2C(=O)S/C(=C/c3ccc(-c4ccc([N+](=O)[O-])cc4Br)o3)C2=O)c1. The summed E-state index contributed by atoms with van der Waals surface area (Å²) in [5, 5.41) is 13.1. The maximum absolute atomic E-state index is 12.8. The number of nitrogens with one attached hydrogen (secondary N) is 1. The lowest BCUT2D eigenvalue weighted by atomic mass is 10.1. The summed E-state index contributed by atoms with van der Waals surface area (Å²) < 4.78 is 6.23. The minimum atomic E-state index is -0.595. The Hall–Kier alpha value is -3.35. The zero-order valence-corrected chi connectivity index (χ0v) is 21.2. The molecular weight excluding hydrogens is 558 g/mol. The molecule has 9 nitrogen and oxygen atoms in total. The first-order valence-corrected chi connectivity index (χ1v) is 12.8. The molecule has 2 aromatic carbocycles. The molecular formula is C23H16BrN3O6S2. The second kappa shape index (κ2) is 10.5. The van der Waals surface area contributed by atoms with Gasteiger partial charge in [-0.1, -0.05) is 6.07 Å². The Morgan fingerprint density at radius 2 is 2.03 bits per heavy atom. The lowest BCUT2D eigenvalue weighted by Crippen LogP contribution is -2.36. The van der Waals surface area contributed by atoms with Gasteiger partial charge in [0.05, 0.1) is 9.83 Å². The molecule has 0 radical (unpaired) electrons. The smallest absolute Gasteiger partial charge is 0.294 e. The van der Waals surface area contributed by atoms with Gasteiger partial charge in [-0.05, 0) is 70.3 Å². The van der Waals surface area contributed by atoms with E-state index in [2.05, 4.69) is 21.2 Å². The normalized spacial score (nSPS) is 14.6. The number of rotatable bonds is 7. The molecule has 3 amide bonds. The molecule has 4 rings (SSSR count). The van der Waals surface area contributed by atoms with Crippen molar-refractivity contribution in [3.05, 3.63) is 79.8 Å². The van der Waals surface area contributed by atoms with Gasteiger partial charge in [-0.25, -0.2) is 0 Å². The number of thioether (sulfide) groups is 2. The van der Waals surface area contributed by atoms with Gasteiger partial charge in [0, 0.05) is 38.8 Å². The van der Waals surface area contributed by atoms with E-state index in [0.717, 1.165) is 9.80 Å². The quantitative estimate of drug-likeness (QED) is 0.158. The van der Waals surface area contributed by atoms with Gasteiger partial charge in [0.25, 0.3) is 16.8 Å². The van der Waals surface area contributed by atoms with E-state index in [9.17, 15) is 24.5 Å². The molecule has 0 bridgehead atoms. The number of furan rings is 1. The van der Waals surface area contributed by atoms with E-state index in [1.54, 1.807) is 36.4 Å². The third-order valence-electron chi connectivity index (χ3n) is 4.86. The van der Waals surface area contributed by atoms with E-state index in [1.165, 1.54) is 30.0 Å². The Morgan fingerprint density at radius 1 is 1.23 bits per heavy atom. The first-order chi connectivity index (χ1) is 16.7. The second-order valence-electron chi connectivity index (χ2n) is 7.17. The number of benzene rings is 2. The van der Waals surface area contributed by atoms with Crippen molar-refractivity contribution >= 4 is 74.0 Å². The van der Waals surface area contributed by atoms with Gasteiger partial charge in [-0.15, -0.1) is 11.8 Å². The summed E-state index contributed by atoms with van der Waals surface area (Å²) in [4.78, 5) is 50.0. The Morgan fingerprint density at radius 3 is 2.74 bits per heavy atom. The van der Waals surface area contributed by atoms with E-state index >= 15 is 0 Å². The van der Waals surface area contributed by atoms with Gasteiger partial charge in [0.1, 0.15) is 18.1 Å². The van der Waals surface area contributed by atoms with Crippen LogP contribution in [0.4, 0.5) is 16.2 Å². The Bertz CT molecular complexity index is 1390. The lowest BCUT2D eigenvalue weighted by molar-refractivity contribution is -0.384. The molecule has 0 spiro atoms. The van der Waals surface area contributed by atoms with Crippen LogP contribution in [0, 0.1) is 10.1 Å². The zero-order chi connectivity index (χ0) is 25.1. The number of nitro groups is 1. The van der Waals surface area contributed by atoms with Crippen LogP contribution in [0.15, 0.2) is 73.3 Å². The fourth-order valence-corrected chi connectivity index (χ4v) is 5.04. The average Bonchev–Trinajstić information content (AvgIpc) is 3.39. The maximum atomic E-state index is 12.8. The van der Waals surface area contributed by atoms with Crippen molar-refractivity contribution in [2.75, 3.05) is 18.1 Å². The van der Waals surface area contributed by atoms with Crippen molar-refractivity contribution in [3.63, 3.8) is 0 Å². The summed E-state index contributed by atoms with van der Waals surface area (Å²) in [7, 11) is 0. The monoisotopic (exact) mass is 573 g/mol. The summed E-state index contributed by atoms with van der Waals surface area (Å²) >= 11 is 5.54. The molecule has 1 aliphatic heterocycles. The molecule has 2 heterocycles. The number of hydrogen-bond acceptors (Lipinski definition) is 8. The largest absolute Gasteiger partial charge is 0.457 e. The van der Waals surface area contributed by atoms with Gasteiger partial charge in [0.15, 0.2) is 0 Å². The average molecular weight is 574 g/mol. The number of non-ortho nitro benzene ring substituents is 1. The summed E-state index contributed by atoms with van der Waals surface area (Å²) in [6.07, 6.45) is 3.34. The van der Waals surface area contributed by atoms with Crippen LogP contribution in [-0.4, -0.2) is 39.7 Å². The molecule has 1 saturated heterocycles. The zero-order valence-electron chi connectivity index (χ0n) is 18.0. The molecule has 0 saturated carbocycles. The third kappa shape index (κ3) is 5.66. The number of imide groups is 1. The van der Waals surface area contributed by atoms with Crippen molar-refractivity contribution in [2.24, 2.45) is 0 Å². The molecule has 12 heteroatoms. The summed E-state index contributed by atoms with van der Waals surface area (Å²) in [6.45, 7) is -0.412. The predicted molar refractivity (Wildman–Crippen MR) is 138 cm³/mol. The van der Waals surface area contributed by atoms with Crippen molar-refractivity contribution in [1.82, 2.24) is 4.90 Å². The fraction of sp³-hybridized carbons (Fsp3) is 0.0870. The topological polar surface area (TPSA) is 123 Å². The van der Waals surface area contributed by atoms with Crippen molar-refractivity contribution in [1.29, 1.82) is 0 Å². The molecule has 0 aliphatic carbocycles. The molecule has 178 valence electrons. The standard InChI is InChI=1S/C23H16BrN3O6S2/c1-34-16-4-2-3-13(9-16)25-21(28)12-26-22(29)20(35-23(26)30)11-15-6-8-19(33-15)17-7-5-14(27(31)32)10-18(17)24/h2-11H,12H2,1H3,(H,25,28)/b20-11+. The Kier molecular flexibility index (Phi) is 7.43. The molecule has 35 heavy (non-hydrogen) atoms. The number of carbonyl (C=O) groups excluding carboxylic acids is 3. The molecule has 3 aromatic rings. The number of hydrogen-bond donors (Lipinski definition) is 1. The molecule has 1 aliphatic rings. The van der Waals surface area contributed by atoms with E-state index < -0.39 is 28.5 Å². The van der Waals surface area contributed by atoms with Gasteiger partial charge in [-0.2, -0.15) is 0 Å². The number of amides is 3. The number of nitro benzene ring substituents is 1. The summed E-state index contributed by atoms with van der Waals surface area (Å²) in [6, 6.07) is 14.8. The number of halogens is 1. The van der Waals surface area contributed by atoms with E-state index in [4.69, 9.17) is 4.42 Å². The van der Waals surface area contributed by atoms with Crippen molar-refractivity contribution < 1.29 is 23.7 Å². The first kappa shape index (κ1) is 24.8. The van der Waals surface area contributed by atoms with Gasteiger partial charge >= 0.3 is 0 Å². The lowest BCUT2D eigenvalue weighted by Gasteiger charge is -2.12. The van der Waals surface area contributed by atoms with Gasteiger partial charge in [0.2, 0.25) is 5.91 Å². The second-order valence-corrected chi connectivity index (χ2v) is 9.90. The highest BCUT2D eigenvalue weighted by molar-refractivity contribution is 9.10. The highest BCUT2D eigenvalue weighted by Crippen LogP contribution is 2.35. The third-order valence-corrected chi connectivity index (χ3v) is 7.15. The minimum Gasteiger partial charge on any atom is -0.457 e. The van der Waals surface area contributed by atoms with Crippen LogP contribution >= 0.6 is 39.5 Å². The van der Waals surface area contributed by atoms with Crippen molar-refractivity contribution in [2.45, 2.75) is 4.90 Å². The van der Waals surface area contributed by atoms with Crippen LogP contribution < -0.4 is 5.32 Å². The van der Waals surface area contributed by atoms with Gasteiger partial charge < -0.3 is 9.73 Å². The molecule has 1 N–H and O–H groups in total. The summed E-state index contributed by atoms with van der Waals surface area (Å²) in [5.41, 5.74) is 1.09. The predicted octanol–water partition coefficient (Wildman–Crippen LogP) is 6.01.